The maximum atomic E-state index is 13.2. The number of amides is 1. The number of nitrogens with zero attached hydrogens (tertiary/aromatic N) is 2. The lowest BCUT2D eigenvalue weighted by molar-refractivity contribution is -0.140. The molecule has 2 aromatic carbocycles. The van der Waals surface area contributed by atoms with E-state index in [0.717, 1.165) is 16.7 Å². The van der Waals surface area contributed by atoms with Crippen molar-refractivity contribution in [3.8, 4) is 5.75 Å². The van der Waals surface area contributed by atoms with Gasteiger partial charge in [0.1, 0.15) is 11.5 Å². The van der Waals surface area contributed by atoms with Gasteiger partial charge in [-0.2, -0.15) is 0 Å². The Labute approximate surface area is 199 Å². The molecule has 4 rings (SSSR count). The summed E-state index contributed by atoms with van der Waals surface area (Å²) in [4.78, 5) is 32.1. The zero-order valence-corrected chi connectivity index (χ0v) is 19.8. The molecule has 0 spiro atoms. The molecule has 1 aliphatic rings. The van der Waals surface area contributed by atoms with Gasteiger partial charge in [-0.3, -0.25) is 14.6 Å². The number of aromatic nitrogens is 1. The Balaban J connectivity index is 1.80. The molecule has 3 aromatic rings. The average molecular weight is 457 g/mol. The van der Waals surface area contributed by atoms with Gasteiger partial charge in [0, 0.05) is 24.5 Å². The lowest BCUT2D eigenvalue weighted by Crippen LogP contribution is -2.29. The zero-order chi connectivity index (χ0) is 24.4. The Morgan fingerprint density at radius 2 is 1.82 bits per heavy atom. The largest absolute Gasteiger partial charge is 0.507 e. The zero-order valence-electron chi connectivity index (χ0n) is 19.8. The van der Waals surface area contributed by atoms with E-state index in [0.29, 0.717) is 16.9 Å². The number of hydrogen-bond acceptors (Lipinski definition) is 5. The van der Waals surface area contributed by atoms with Crippen LogP contribution in [0, 0.1) is 13.8 Å². The van der Waals surface area contributed by atoms with E-state index in [1.54, 1.807) is 42.7 Å². The molecule has 1 saturated heterocycles. The minimum atomic E-state index is -0.750. The molecular formula is C28H28N2O4. The highest BCUT2D eigenvalue weighted by atomic mass is 16.5. The number of pyridine rings is 1. The second-order valence-electron chi connectivity index (χ2n) is 8.83. The number of aliphatic hydroxyl groups is 1. The third-order valence-corrected chi connectivity index (χ3v) is 5.88. The highest BCUT2D eigenvalue weighted by Gasteiger charge is 2.46. The molecule has 0 saturated carbocycles. The van der Waals surface area contributed by atoms with Gasteiger partial charge in [0.15, 0.2) is 0 Å². The predicted octanol–water partition coefficient (Wildman–Crippen LogP) is 5.11. The molecule has 2 heterocycles. The molecule has 6 heteroatoms. The summed E-state index contributed by atoms with van der Waals surface area (Å²) in [5.41, 5.74) is 4.20. The second kappa shape index (κ2) is 9.51. The van der Waals surface area contributed by atoms with Gasteiger partial charge in [0.25, 0.3) is 11.7 Å². The van der Waals surface area contributed by atoms with Crippen LogP contribution >= 0.6 is 0 Å². The number of rotatable bonds is 6. The molecule has 1 N–H and O–H groups in total. The third-order valence-electron chi connectivity index (χ3n) is 5.88. The number of carbonyl (C=O) groups is 2. The van der Waals surface area contributed by atoms with Crippen molar-refractivity contribution in [3.05, 3.63) is 100 Å². The van der Waals surface area contributed by atoms with Crippen LogP contribution in [0.1, 0.15) is 47.7 Å². The molecular weight excluding hydrogens is 428 g/mol. The van der Waals surface area contributed by atoms with E-state index in [4.69, 9.17) is 4.74 Å². The van der Waals surface area contributed by atoms with Crippen molar-refractivity contribution >= 4 is 17.4 Å². The molecule has 1 amide bonds. The number of aryl methyl sites for hydroxylation is 2. The number of ether oxygens (including phenoxy) is 1. The molecule has 34 heavy (non-hydrogen) atoms. The van der Waals surface area contributed by atoms with Crippen molar-refractivity contribution in [3.63, 3.8) is 0 Å². The van der Waals surface area contributed by atoms with Crippen LogP contribution < -0.4 is 4.74 Å². The van der Waals surface area contributed by atoms with E-state index in [1.165, 1.54) is 4.90 Å². The van der Waals surface area contributed by atoms with Crippen molar-refractivity contribution in [2.24, 2.45) is 0 Å². The first-order valence-corrected chi connectivity index (χ1v) is 11.3. The number of Topliss-reactive ketones (excluding diaryl/α,β-unsaturated/α-hetero) is 1. The van der Waals surface area contributed by atoms with Crippen LogP contribution in [0.25, 0.3) is 5.76 Å². The van der Waals surface area contributed by atoms with E-state index >= 15 is 0 Å². The summed E-state index contributed by atoms with van der Waals surface area (Å²) in [6, 6.07) is 15.7. The van der Waals surface area contributed by atoms with Gasteiger partial charge >= 0.3 is 0 Å². The number of ketones is 1. The van der Waals surface area contributed by atoms with Gasteiger partial charge in [-0.05, 0) is 74.7 Å². The van der Waals surface area contributed by atoms with Crippen LogP contribution in [-0.2, 0) is 16.1 Å². The molecule has 0 bridgehead atoms. The van der Waals surface area contributed by atoms with Crippen LogP contribution in [0.4, 0.5) is 0 Å². The lowest BCUT2D eigenvalue weighted by atomic mass is 9.96. The Hall–Kier alpha value is -3.93. The molecule has 6 nitrogen and oxygen atoms in total. The van der Waals surface area contributed by atoms with E-state index in [1.807, 2.05) is 52.0 Å². The molecule has 1 atom stereocenters. The minimum absolute atomic E-state index is 0.0143. The van der Waals surface area contributed by atoms with Crippen LogP contribution in [0.2, 0.25) is 0 Å². The van der Waals surface area contributed by atoms with Crippen LogP contribution in [0.3, 0.4) is 0 Å². The third kappa shape index (κ3) is 4.57. The SMILES string of the molecule is Cc1ccc(C)c(CN2C(=O)C(=O)/C(=C(/O)c3ccc(OC(C)C)cc3)C2c2cccnc2)c1. The number of carbonyl (C=O) groups excluding carboxylic acids is 2. The van der Waals surface area contributed by atoms with Gasteiger partial charge in [-0.25, -0.2) is 0 Å². The van der Waals surface area contributed by atoms with Crippen molar-refractivity contribution in [1.82, 2.24) is 9.88 Å². The Morgan fingerprint density at radius 3 is 2.47 bits per heavy atom. The molecule has 0 aliphatic carbocycles. The average Bonchev–Trinajstić information content (AvgIpc) is 3.06. The summed E-state index contributed by atoms with van der Waals surface area (Å²) >= 11 is 0. The fourth-order valence-electron chi connectivity index (χ4n) is 4.20. The number of benzene rings is 2. The van der Waals surface area contributed by atoms with E-state index in [-0.39, 0.29) is 24.0 Å². The fraction of sp³-hybridized carbons (Fsp3) is 0.250. The number of hydrogen-bond donors (Lipinski definition) is 1. The Kier molecular flexibility index (Phi) is 6.50. The maximum absolute atomic E-state index is 13.2. The summed E-state index contributed by atoms with van der Waals surface area (Å²) < 4.78 is 5.67. The van der Waals surface area contributed by atoms with Gasteiger partial charge in [-0.15, -0.1) is 0 Å². The molecule has 0 radical (unpaired) electrons. The van der Waals surface area contributed by atoms with Crippen LogP contribution in [0.15, 0.2) is 72.6 Å². The summed E-state index contributed by atoms with van der Waals surface area (Å²) in [7, 11) is 0. The van der Waals surface area contributed by atoms with Crippen LogP contribution in [0.5, 0.6) is 5.75 Å². The first kappa shape index (κ1) is 23.2. The highest BCUT2D eigenvalue weighted by molar-refractivity contribution is 6.46. The summed E-state index contributed by atoms with van der Waals surface area (Å²) in [6.45, 7) is 8.07. The fourth-order valence-corrected chi connectivity index (χ4v) is 4.20. The first-order valence-electron chi connectivity index (χ1n) is 11.3. The van der Waals surface area contributed by atoms with E-state index < -0.39 is 17.7 Å². The van der Waals surface area contributed by atoms with Crippen molar-refractivity contribution < 1.29 is 19.4 Å². The quantitative estimate of drug-likeness (QED) is 0.317. The molecule has 1 aromatic heterocycles. The normalized spacial score (nSPS) is 17.4. The van der Waals surface area contributed by atoms with Crippen LogP contribution in [-0.4, -0.2) is 32.8 Å². The van der Waals surface area contributed by atoms with E-state index in [9.17, 15) is 14.7 Å². The van der Waals surface area contributed by atoms with E-state index in [2.05, 4.69) is 4.98 Å². The lowest BCUT2D eigenvalue weighted by Gasteiger charge is -2.26. The van der Waals surface area contributed by atoms with Gasteiger partial charge in [0.05, 0.1) is 17.7 Å². The van der Waals surface area contributed by atoms with Gasteiger partial charge in [-0.1, -0.05) is 29.8 Å². The molecule has 1 aliphatic heterocycles. The summed E-state index contributed by atoms with van der Waals surface area (Å²) in [5.74, 6) is -0.910. The molecule has 174 valence electrons. The van der Waals surface area contributed by atoms with Crippen molar-refractivity contribution in [2.45, 2.75) is 46.4 Å². The first-order chi connectivity index (χ1) is 16.3. The highest BCUT2D eigenvalue weighted by Crippen LogP contribution is 2.40. The monoisotopic (exact) mass is 456 g/mol. The topological polar surface area (TPSA) is 79.7 Å². The summed E-state index contributed by atoms with van der Waals surface area (Å²) in [5, 5.41) is 11.2. The standard InChI is InChI=1S/C28H28N2O4/c1-17(2)34-23-11-9-20(10-12-23)26(31)24-25(21-6-5-13-29-15-21)30(28(33)27(24)32)16-22-14-18(3)7-8-19(22)4/h5-15,17,25,31H,16H2,1-4H3/b26-24+. The Morgan fingerprint density at radius 1 is 1.09 bits per heavy atom. The second-order valence-corrected chi connectivity index (χ2v) is 8.83. The van der Waals surface area contributed by atoms with Gasteiger partial charge < -0.3 is 14.7 Å². The number of likely N-dealkylation sites (tertiary alicyclic amines) is 1. The Bertz CT molecular complexity index is 1250. The molecule has 1 fully saturated rings. The number of aliphatic hydroxyl groups excluding tert-OH is 1. The maximum Gasteiger partial charge on any atom is 0.295 e. The minimum Gasteiger partial charge on any atom is -0.507 e. The van der Waals surface area contributed by atoms with Crippen molar-refractivity contribution in [2.75, 3.05) is 0 Å². The van der Waals surface area contributed by atoms with Crippen molar-refractivity contribution in [1.29, 1.82) is 0 Å². The molecule has 1 unspecified atom stereocenters. The smallest absolute Gasteiger partial charge is 0.295 e. The summed E-state index contributed by atoms with van der Waals surface area (Å²) in [6.07, 6.45) is 3.27. The predicted molar refractivity (Wildman–Crippen MR) is 130 cm³/mol. The van der Waals surface area contributed by atoms with Gasteiger partial charge in [0.2, 0.25) is 0 Å².